The van der Waals surface area contributed by atoms with Crippen molar-refractivity contribution < 1.29 is 14.2 Å². The second kappa shape index (κ2) is 12.9. The molecule has 0 radical (unpaired) electrons. The zero-order chi connectivity index (χ0) is 19.9. The molecule has 0 N–H and O–H groups in total. The van der Waals surface area contributed by atoms with Crippen LogP contribution in [0.5, 0.6) is 18.0 Å². The van der Waals surface area contributed by atoms with E-state index in [9.17, 15) is 0 Å². The van der Waals surface area contributed by atoms with Gasteiger partial charge in [0.15, 0.2) is 0 Å². The third kappa shape index (κ3) is 9.02. The molecule has 27 heavy (non-hydrogen) atoms. The Morgan fingerprint density at radius 1 is 0.778 bits per heavy atom. The number of hydrogen-bond donors (Lipinski definition) is 0. The van der Waals surface area contributed by atoms with Crippen LogP contribution >= 0.6 is 0 Å². The highest BCUT2D eigenvalue weighted by Gasteiger charge is 2.08. The van der Waals surface area contributed by atoms with E-state index in [1.165, 1.54) is 5.56 Å². The summed E-state index contributed by atoms with van der Waals surface area (Å²) in [5.41, 5.74) is 2.34. The van der Waals surface area contributed by atoms with Crippen molar-refractivity contribution in [1.82, 2.24) is 15.0 Å². The normalized spacial score (nSPS) is 9.22. The Morgan fingerprint density at radius 2 is 1.15 bits per heavy atom. The van der Waals surface area contributed by atoms with Crippen LogP contribution in [0.25, 0.3) is 5.57 Å². The zero-order valence-electron chi connectivity index (χ0n) is 15.6. The summed E-state index contributed by atoms with van der Waals surface area (Å²) in [5.74, 6) is 0. The molecule has 0 unspecified atom stereocenters. The smallest absolute Gasteiger partial charge is 0.326 e. The minimum Gasteiger partial charge on any atom is -0.459 e. The van der Waals surface area contributed by atoms with E-state index in [0.29, 0.717) is 0 Å². The molecule has 1 aromatic heterocycles. The van der Waals surface area contributed by atoms with Gasteiger partial charge < -0.3 is 14.2 Å². The van der Waals surface area contributed by atoms with E-state index in [2.05, 4.69) is 53.4 Å². The summed E-state index contributed by atoms with van der Waals surface area (Å²) in [4.78, 5) is 11.8. The van der Waals surface area contributed by atoms with E-state index in [-0.39, 0.29) is 37.9 Å². The number of nitrogens with zero attached hydrogens (tertiary/aromatic N) is 3. The maximum absolute atomic E-state index is 5.20. The van der Waals surface area contributed by atoms with Gasteiger partial charge in [0.2, 0.25) is 0 Å². The molecule has 6 heteroatoms. The molecule has 0 fully saturated rings. The number of benzene rings is 1. The second-order valence-electron chi connectivity index (χ2n) is 5.13. The van der Waals surface area contributed by atoms with Crippen LogP contribution in [0, 0.1) is 0 Å². The van der Waals surface area contributed by atoms with Crippen LogP contribution in [0.1, 0.15) is 12.5 Å². The van der Waals surface area contributed by atoms with Crippen LogP contribution in [-0.2, 0) is 0 Å². The highest BCUT2D eigenvalue weighted by atomic mass is 16.5. The van der Waals surface area contributed by atoms with Gasteiger partial charge in [0.25, 0.3) is 0 Å². The quantitative estimate of drug-likeness (QED) is 0.584. The lowest BCUT2D eigenvalue weighted by Gasteiger charge is -2.07. The predicted molar refractivity (Wildman–Crippen MR) is 108 cm³/mol. The predicted octanol–water partition coefficient (Wildman–Crippen LogP) is 4.29. The van der Waals surface area contributed by atoms with Gasteiger partial charge in [-0.2, -0.15) is 0 Å². The summed E-state index contributed by atoms with van der Waals surface area (Å²) < 4.78 is 15.6. The SMILES string of the molecule is C=C(C)c1ccccc1.C=CCOc1nc(OCC=C)nc(OCC=C)n1. The maximum atomic E-state index is 5.20. The molecule has 0 aliphatic rings. The van der Waals surface area contributed by atoms with E-state index in [0.717, 1.165) is 5.57 Å². The highest BCUT2D eigenvalue weighted by Crippen LogP contribution is 2.14. The van der Waals surface area contributed by atoms with Crippen LogP contribution in [0.2, 0.25) is 0 Å². The van der Waals surface area contributed by atoms with Gasteiger partial charge in [-0.15, -0.1) is 15.0 Å². The van der Waals surface area contributed by atoms with Crippen LogP contribution in [0.4, 0.5) is 0 Å². The molecular formula is C21H25N3O3. The Kier molecular flexibility index (Phi) is 10.3. The van der Waals surface area contributed by atoms with E-state index >= 15 is 0 Å². The molecule has 0 bridgehead atoms. The van der Waals surface area contributed by atoms with Gasteiger partial charge in [0, 0.05) is 0 Å². The van der Waals surface area contributed by atoms with Crippen LogP contribution in [0.3, 0.4) is 0 Å². The molecule has 0 atom stereocenters. The summed E-state index contributed by atoms with van der Waals surface area (Å²) in [6.07, 6.45) is 4.75. The first-order valence-electron chi connectivity index (χ1n) is 8.28. The highest BCUT2D eigenvalue weighted by molar-refractivity contribution is 5.60. The first kappa shape index (κ1) is 21.6. The van der Waals surface area contributed by atoms with Gasteiger partial charge in [-0.1, -0.05) is 80.4 Å². The van der Waals surface area contributed by atoms with Gasteiger partial charge in [-0.25, -0.2) is 0 Å². The Hall–Kier alpha value is -3.41. The van der Waals surface area contributed by atoms with Crippen molar-refractivity contribution in [1.29, 1.82) is 0 Å². The summed E-state index contributed by atoms with van der Waals surface area (Å²) in [6, 6.07) is 10.5. The van der Waals surface area contributed by atoms with Crippen LogP contribution in [-0.4, -0.2) is 34.8 Å². The third-order valence-electron chi connectivity index (χ3n) is 2.83. The molecule has 2 rings (SSSR count). The summed E-state index contributed by atoms with van der Waals surface area (Å²) in [7, 11) is 0. The van der Waals surface area contributed by atoms with Crippen molar-refractivity contribution in [3.05, 3.63) is 80.4 Å². The van der Waals surface area contributed by atoms with E-state index in [4.69, 9.17) is 14.2 Å². The molecule has 0 aliphatic heterocycles. The Bertz CT molecular complexity index is 671. The van der Waals surface area contributed by atoms with Crippen LogP contribution in [0.15, 0.2) is 74.9 Å². The van der Waals surface area contributed by atoms with Crippen molar-refractivity contribution in [2.45, 2.75) is 6.92 Å². The average Bonchev–Trinajstić information content (AvgIpc) is 2.70. The van der Waals surface area contributed by atoms with Crippen molar-refractivity contribution in [3.8, 4) is 18.0 Å². The zero-order valence-corrected chi connectivity index (χ0v) is 15.6. The molecule has 0 spiro atoms. The first-order chi connectivity index (χ1) is 13.1. The van der Waals surface area contributed by atoms with Crippen LogP contribution < -0.4 is 14.2 Å². The maximum Gasteiger partial charge on any atom is 0.326 e. The van der Waals surface area contributed by atoms with Crippen molar-refractivity contribution >= 4 is 5.57 Å². The lowest BCUT2D eigenvalue weighted by molar-refractivity contribution is 0.268. The van der Waals surface area contributed by atoms with Gasteiger partial charge in [-0.05, 0) is 12.5 Å². The van der Waals surface area contributed by atoms with E-state index in [1.807, 2.05) is 25.1 Å². The second-order valence-corrected chi connectivity index (χ2v) is 5.13. The monoisotopic (exact) mass is 367 g/mol. The standard InChI is InChI=1S/C12H15N3O3.C9H10/c1-4-7-16-10-13-11(17-8-5-2)15-12(14-10)18-9-6-3;1-8(2)9-6-4-3-5-7-9/h4-6H,1-3,7-9H2;3-7H,1H2,2H3. The topological polar surface area (TPSA) is 66.4 Å². The molecular weight excluding hydrogens is 342 g/mol. The lowest BCUT2D eigenvalue weighted by Crippen LogP contribution is -2.07. The van der Waals surface area contributed by atoms with Gasteiger partial charge in [-0.3, -0.25) is 0 Å². The van der Waals surface area contributed by atoms with Crippen molar-refractivity contribution in [2.24, 2.45) is 0 Å². The van der Waals surface area contributed by atoms with E-state index < -0.39 is 0 Å². The number of aromatic nitrogens is 3. The summed E-state index contributed by atoms with van der Waals surface area (Å²) in [6.45, 7) is 17.3. The molecule has 0 amide bonds. The van der Waals surface area contributed by atoms with Gasteiger partial charge in [0.1, 0.15) is 19.8 Å². The molecule has 142 valence electrons. The fraction of sp³-hybridized carbons (Fsp3) is 0.190. The fourth-order valence-corrected chi connectivity index (χ4v) is 1.64. The van der Waals surface area contributed by atoms with Crippen molar-refractivity contribution in [2.75, 3.05) is 19.8 Å². The number of allylic oxidation sites excluding steroid dienone is 1. The largest absolute Gasteiger partial charge is 0.459 e. The van der Waals surface area contributed by atoms with E-state index in [1.54, 1.807) is 18.2 Å². The first-order valence-corrected chi connectivity index (χ1v) is 8.28. The lowest BCUT2D eigenvalue weighted by atomic mass is 10.1. The Morgan fingerprint density at radius 3 is 1.41 bits per heavy atom. The fourth-order valence-electron chi connectivity index (χ4n) is 1.64. The van der Waals surface area contributed by atoms with Gasteiger partial charge >= 0.3 is 18.0 Å². The molecule has 1 aromatic carbocycles. The molecule has 0 aliphatic carbocycles. The number of hydrogen-bond acceptors (Lipinski definition) is 6. The third-order valence-corrected chi connectivity index (χ3v) is 2.83. The minimum atomic E-state index is 0.114. The molecule has 2 aromatic rings. The average molecular weight is 367 g/mol. The molecule has 6 nitrogen and oxygen atoms in total. The molecule has 0 saturated carbocycles. The van der Waals surface area contributed by atoms with Crippen molar-refractivity contribution in [3.63, 3.8) is 0 Å². The summed E-state index contributed by atoms with van der Waals surface area (Å²) >= 11 is 0. The minimum absolute atomic E-state index is 0.114. The summed E-state index contributed by atoms with van der Waals surface area (Å²) in [5, 5.41) is 0. The number of rotatable bonds is 10. The Balaban J connectivity index is 0.000000337. The Labute approximate surface area is 160 Å². The molecule has 1 heterocycles. The van der Waals surface area contributed by atoms with Gasteiger partial charge in [0.05, 0.1) is 0 Å². The molecule has 0 saturated heterocycles. The number of ether oxygens (including phenoxy) is 3.